The van der Waals surface area contributed by atoms with Crippen molar-refractivity contribution in [2.75, 3.05) is 6.54 Å². The van der Waals surface area contributed by atoms with Gasteiger partial charge in [0.15, 0.2) is 0 Å². The van der Waals surface area contributed by atoms with Gasteiger partial charge < -0.3 is 5.32 Å². The molecule has 0 atom stereocenters. The maximum atomic E-state index is 3.32. The highest BCUT2D eigenvalue weighted by Crippen LogP contribution is 2.17. The summed E-state index contributed by atoms with van der Waals surface area (Å²) >= 11 is 0. The molecule has 1 saturated carbocycles. The standard InChI is InChI=1S/C5H11N/c1-2-6-5-3-4-5/h5-6H,2-4H2,1H3. The van der Waals surface area contributed by atoms with Crippen LogP contribution in [-0.4, -0.2) is 12.6 Å². The van der Waals surface area contributed by atoms with Crippen molar-refractivity contribution in [3.8, 4) is 0 Å². The Labute approximate surface area is 38.7 Å². The van der Waals surface area contributed by atoms with E-state index in [4.69, 9.17) is 0 Å². The smallest absolute Gasteiger partial charge is 0.00681 e. The highest BCUT2D eigenvalue weighted by Gasteiger charge is 2.18. The molecular weight excluding hydrogens is 74.1 g/mol. The van der Waals surface area contributed by atoms with Crippen molar-refractivity contribution in [1.82, 2.24) is 5.32 Å². The van der Waals surface area contributed by atoms with Crippen LogP contribution in [0.4, 0.5) is 0 Å². The Kier molecular flexibility index (Phi) is 1.10. The average Bonchev–Trinajstić information content (AvgIpc) is 2.21. The molecule has 1 heteroatoms. The van der Waals surface area contributed by atoms with E-state index < -0.39 is 0 Å². The van der Waals surface area contributed by atoms with Gasteiger partial charge in [0.05, 0.1) is 0 Å². The lowest BCUT2D eigenvalue weighted by molar-refractivity contribution is 0.721. The first kappa shape index (κ1) is 4.13. The van der Waals surface area contributed by atoms with Gasteiger partial charge in [0, 0.05) is 6.04 Å². The number of nitrogens with one attached hydrogen (secondary N) is 1. The van der Waals surface area contributed by atoms with Crippen molar-refractivity contribution in [2.45, 2.75) is 25.8 Å². The molecule has 0 bridgehead atoms. The Balaban J connectivity index is 1.88. The summed E-state index contributed by atoms with van der Waals surface area (Å²) in [5, 5.41) is 3.32. The van der Waals surface area contributed by atoms with Gasteiger partial charge in [-0.25, -0.2) is 0 Å². The van der Waals surface area contributed by atoms with E-state index in [0.29, 0.717) is 0 Å². The summed E-state index contributed by atoms with van der Waals surface area (Å²) in [6.45, 7) is 3.29. The van der Waals surface area contributed by atoms with Crippen molar-refractivity contribution >= 4 is 0 Å². The molecule has 0 saturated heterocycles. The maximum Gasteiger partial charge on any atom is 0.00681 e. The van der Waals surface area contributed by atoms with Crippen molar-refractivity contribution < 1.29 is 0 Å². The van der Waals surface area contributed by atoms with Crippen LogP contribution in [0.3, 0.4) is 0 Å². The summed E-state index contributed by atoms with van der Waals surface area (Å²) < 4.78 is 0. The Morgan fingerprint density at radius 3 is 2.50 bits per heavy atom. The van der Waals surface area contributed by atoms with Crippen molar-refractivity contribution in [2.24, 2.45) is 0 Å². The molecule has 1 aliphatic rings. The van der Waals surface area contributed by atoms with Crippen molar-refractivity contribution in [3.05, 3.63) is 0 Å². The van der Waals surface area contributed by atoms with Gasteiger partial charge in [0.1, 0.15) is 0 Å². The molecule has 0 unspecified atom stereocenters. The van der Waals surface area contributed by atoms with Gasteiger partial charge in [-0.05, 0) is 19.4 Å². The number of rotatable bonds is 2. The highest BCUT2D eigenvalue weighted by atomic mass is 14.9. The second-order valence-corrected chi connectivity index (χ2v) is 1.83. The number of hydrogen-bond acceptors (Lipinski definition) is 1. The Bertz CT molecular complexity index is 39.2. The minimum atomic E-state index is 0.898. The van der Waals surface area contributed by atoms with Gasteiger partial charge in [-0.1, -0.05) is 6.92 Å². The molecule has 1 aliphatic carbocycles. The third kappa shape index (κ3) is 0.977. The zero-order chi connectivity index (χ0) is 4.41. The van der Waals surface area contributed by atoms with Gasteiger partial charge >= 0.3 is 0 Å². The maximum absolute atomic E-state index is 3.32. The molecule has 0 aromatic heterocycles. The van der Waals surface area contributed by atoms with Crippen LogP contribution in [0.1, 0.15) is 19.8 Å². The van der Waals surface area contributed by atoms with Gasteiger partial charge in [-0.2, -0.15) is 0 Å². The normalized spacial score (nSPS) is 21.5. The average molecular weight is 85.2 g/mol. The summed E-state index contributed by atoms with van der Waals surface area (Å²) in [6.07, 6.45) is 2.82. The molecule has 0 heterocycles. The molecule has 1 N–H and O–H groups in total. The molecule has 0 spiro atoms. The van der Waals surface area contributed by atoms with Gasteiger partial charge in [0.2, 0.25) is 0 Å². The van der Waals surface area contributed by atoms with E-state index >= 15 is 0 Å². The van der Waals surface area contributed by atoms with Crippen LogP contribution in [0, 0.1) is 0 Å². The summed E-state index contributed by atoms with van der Waals surface area (Å²) in [6, 6.07) is 0.898. The molecule has 6 heavy (non-hydrogen) atoms. The van der Waals surface area contributed by atoms with Crippen molar-refractivity contribution in [3.63, 3.8) is 0 Å². The minimum Gasteiger partial charge on any atom is -0.314 e. The lowest BCUT2D eigenvalue weighted by atomic mass is 10.6. The monoisotopic (exact) mass is 85.1 g/mol. The lowest BCUT2D eigenvalue weighted by Crippen LogP contribution is -2.14. The van der Waals surface area contributed by atoms with E-state index in [9.17, 15) is 0 Å². The zero-order valence-electron chi connectivity index (χ0n) is 4.20. The fraction of sp³-hybridized carbons (Fsp3) is 1.00. The molecule has 1 fully saturated rings. The predicted molar refractivity (Wildman–Crippen MR) is 26.7 cm³/mol. The molecule has 1 rings (SSSR count). The van der Waals surface area contributed by atoms with E-state index in [1.807, 2.05) is 0 Å². The Morgan fingerprint density at radius 1 is 1.67 bits per heavy atom. The largest absolute Gasteiger partial charge is 0.314 e. The van der Waals surface area contributed by atoms with E-state index in [1.165, 1.54) is 12.8 Å². The van der Waals surface area contributed by atoms with Crippen LogP contribution in [-0.2, 0) is 0 Å². The number of hydrogen-bond donors (Lipinski definition) is 1. The minimum absolute atomic E-state index is 0.898. The van der Waals surface area contributed by atoms with Crippen molar-refractivity contribution in [1.29, 1.82) is 0 Å². The van der Waals surface area contributed by atoms with Crippen LogP contribution in [0.5, 0.6) is 0 Å². The van der Waals surface area contributed by atoms with Crippen LogP contribution < -0.4 is 5.32 Å². The molecule has 0 aromatic rings. The quantitative estimate of drug-likeness (QED) is 0.522. The first-order valence-electron chi connectivity index (χ1n) is 2.67. The zero-order valence-corrected chi connectivity index (χ0v) is 4.20. The summed E-state index contributed by atoms with van der Waals surface area (Å²) in [5.74, 6) is 0. The second-order valence-electron chi connectivity index (χ2n) is 1.83. The molecule has 1 nitrogen and oxygen atoms in total. The van der Waals surface area contributed by atoms with E-state index in [0.717, 1.165) is 12.6 Å². The van der Waals surface area contributed by atoms with Crippen LogP contribution in [0.2, 0.25) is 0 Å². The summed E-state index contributed by atoms with van der Waals surface area (Å²) in [5.41, 5.74) is 0. The third-order valence-corrected chi connectivity index (χ3v) is 1.07. The van der Waals surface area contributed by atoms with Crippen LogP contribution >= 0.6 is 0 Å². The SMILES string of the molecule is CCNC1CC1. The van der Waals surface area contributed by atoms with E-state index in [1.54, 1.807) is 0 Å². The molecule has 0 aromatic carbocycles. The second kappa shape index (κ2) is 1.61. The Hall–Kier alpha value is -0.0400. The first-order chi connectivity index (χ1) is 2.93. The van der Waals surface area contributed by atoms with Gasteiger partial charge in [-0.15, -0.1) is 0 Å². The molecule has 36 valence electrons. The summed E-state index contributed by atoms with van der Waals surface area (Å²) in [7, 11) is 0. The van der Waals surface area contributed by atoms with E-state index in [-0.39, 0.29) is 0 Å². The predicted octanol–water partition coefficient (Wildman–Crippen LogP) is 0.758. The lowest BCUT2D eigenvalue weighted by Gasteiger charge is -1.89. The fourth-order valence-electron chi connectivity index (χ4n) is 0.576. The van der Waals surface area contributed by atoms with E-state index in [2.05, 4.69) is 12.2 Å². The first-order valence-corrected chi connectivity index (χ1v) is 2.67. The molecular formula is C5H11N. The van der Waals surface area contributed by atoms with Gasteiger partial charge in [0.25, 0.3) is 0 Å². The summed E-state index contributed by atoms with van der Waals surface area (Å²) in [4.78, 5) is 0. The molecule has 0 aliphatic heterocycles. The van der Waals surface area contributed by atoms with Crippen LogP contribution in [0.25, 0.3) is 0 Å². The third-order valence-electron chi connectivity index (χ3n) is 1.07. The fourth-order valence-corrected chi connectivity index (χ4v) is 0.576. The molecule has 0 radical (unpaired) electrons. The topological polar surface area (TPSA) is 12.0 Å². The highest BCUT2D eigenvalue weighted by molar-refractivity contribution is 4.79. The molecule has 0 amide bonds. The van der Waals surface area contributed by atoms with Crippen LogP contribution in [0.15, 0.2) is 0 Å². The Morgan fingerprint density at radius 2 is 2.33 bits per heavy atom. The van der Waals surface area contributed by atoms with Gasteiger partial charge in [-0.3, -0.25) is 0 Å².